The highest BCUT2D eigenvalue weighted by Gasteiger charge is 2.18. The Hall–Kier alpha value is -3.73. The van der Waals surface area contributed by atoms with Crippen molar-refractivity contribution < 1.29 is 0 Å². The van der Waals surface area contributed by atoms with E-state index in [1.165, 1.54) is 5.56 Å². The van der Waals surface area contributed by atoms with Gasteiger partial charge in [0, 0.05) is 47.0 Å². The molecule has 47 heavy (non-hydrogen) atoms. The molecule has 0 bridgehead atoms. The number of hydrogen-bond acceptors (Lipinski definition) is 6. The van der Waals surface area contributed by atoms with Crippen LogP contribution in [0.25, 0.3) is 16.7 Å². The lowest BCUT2D eigenvalue weighted by Crippen LogP contribution is -2.24. The predicted octanol–water partition coefficient (Wildman–Crippen LogP) is 6.03. The number of aromatic nitrogens is 4. The molecule has 0 spiro atoms. The third kappa shape index (κ3) is 11.8. The summed E-state index contributed by atoms with van der Waals surface area (Å²) in [6.45, 7) is 18.5. The van der Waals surface area contributed by atoms with Crippen molar-refractivity contribution in [3.63, 3.8) is 0 Å². The van der Waals surface area contributed by atoms with Crippen molar-refractivity contribution in [1.29, 1.82) is 0 Å². The first kappa shape index (κ1) is 37.7. The molecule has 0 radical (unpaired) electrons. The molecule has 0 aliphatic heterocycles. The molecule has 4 rings (SSSR count). The van der Waals surface area contributed by atoms with Crippen molar-refractivity contribution in [3.05, 3.63) is 86.8 Å². The maximum Gasteiger partial charge on any atom is 0.354 e. The van der Waals surface area contributed by atoms with E-state index >= 15 is 0 Å². The van der Waals surface area contributed by atoms with Gasteiger partial charge in [-0.2, -0.15) is 4.98 Å². The van der Waals surface area contributed by atoms with Gasteiger partial charge in [-0.25, -0.2) is 9.78 Å². The van der Waals surface area contributed by atoms with E-state index < -0.39 is 0 Å². The van der Waals surface area contributed by atoms with Crippen LogP contribution in [0.3, 0.4) is 0 Å². The molecule has 3 heterocycles. The van der Waals surface area contributed by atoms with Crippen LogP contribution in [0.4, 0.5) is 0 Å². The Morgan fingerprint density at radius 1 is 1.00 bits per heavy atom. The largest absolute Gasteiger partial charge is 0.370 e. The first-order valence-electron chi connectivity index (χ1n) is 16.4. The van der Waals surface area contributed by atoms with Crippen molar-refractivity contribution in [2.45, 2.75) is 104 Å². The van der Waals surface area contributed by atoms with Crippen LogP contribution in [-0.2, 0) is 17.3 Å². The molecule has 1 aromatic carbocycles. The number of guanidine groups is 1. The van der Waals surface area contributed by atoms with Crippen LogP contribution in [0.5, 0.6) is 0 Å². The number of aromatic amines is 1. The van der Waals surface area contributed by atoms with Crippen molar-refractivity contribution in [1.82, 2.24) is 24.8 Å². The average molecular weight is 664 g/mol. The summed E-state index contributed by atoms with van der Waals surface area (Å²) in [5.74, 6) is 0.121. The summed E-state index contributed by atoms with van der Waals surface area (Å²) in [6.07, 6.45) is 5.74. The van der Waals surface area contributed by atoms with Gasteiger partial charge in [0.05, 0.1) is 5.69 Å². The summed E-state index contributed by atoms with van der Waals surface area (Å²) in [7, 11) is 0. The predicted molar refractivity (Wildman–Crippen MR) is 197 cm³/mol. The number of pyridine rings is 1. The summed E-state index contributed by atoms with van der Waals surface area (Å²) in [5.41, 5.74) is 22.1. The Kier molecular flexibility index (Phi) is 13.2. The summed E-state index contributed by atoms with van der Waals surface area (Å²) in [4.78, 5) is 28.4. The second kappa shape index (κ2) is 16.4. The Bertz CT molecular complexity index is 1670. The van der Waals surface area contributed by atoms with Gasteiger partial charge in [0.15, 0.2) is 5.96 Å². The first-order chi connectivity index (χ1) is 21.9. The van der Waals surface area contributed by atoms with E-state index in [-0.39, 0.29) is 34.6 Å². The van der Waals surface area contributed by atoms with Gasteiger partial charge in [0.25, 0.3) is 0 Å². The number of nitrogens with two attached hydrogens (primary N) is 3. The number of aliphatic imine (C=N–C) groups is 1. The highest BCUT2D eigenvalue weighted by molar-refractivity contribution is 6.29. The highest BCUT2D eigenvalue weighted by atomic mass is 35.5. The molecule has 8 N–H and O–H groups in total. The Labute approximate surface area is 284 Å². The number of fused-ring (bicyclic) bond motifs is 1. The molecular formula is C36H54ClN9O. The number of benzene rings is 1. The zero-order valence-corrected chi connectivity index (χ0v) is 30.1. The minimum Gasteiger partial charge on any atom is -0.370 e. The minimum atomic E-state index is -0.302. The lowest BCUT2D eigenvalue weighted by Gasteiger charge is -2.20. The Morgan fingerprint density at radius 2 is 1.68 bits per heavy atom. The van der Waals surface area contributed by atoms with Gasteiger partial charge in [0.1, 0.15) is 10.8 Å². The lowest BCUT2D eigenvalue weighted by molar-refractivity contribution is 0.562. The van der Waals surface area contributed by atoms with Crippen molar-refractivity contribution >= 4 is 28.6 Å². The van der Waals surface area contributed by atoms with E-state index in [1.807, 2.05) is 43.5 Å². The van der Waals surface area contributed by atoms with Crippen LogP contribution in [-0.4, -0.2) is 44.6 Å². The molecule has 0 saturated carbocycles. The number of nitrogens with zero attached hydrogens (tertiary/aromatic N) is 4. The first-order valence-corrected chi connectivity index (χ1v) is 16.8. The molecule has 2 atom stereocenters. The fourth-order valence-electron chi connectivity index (χ4n) is 4.95. The highest BCUT2D eigenvalue weighted by Crippen LogP contribution is 2.26. The van der Waals surface area contributed by atoms with Crippen LogP contribution >= 0.6 is 11.6 Å². The lowest BCUT2D eigenvalue weighted by atomic mass is 9.87. The van der Waals surface area contributed by atoms with Crippen LogP contribution < -0.4 is 28.2 Å². The summed E-state index contributed by atoms with van der Waals surface area (Å²) >= 11 is 6.06. The van der Waals surface area contributed by atoms with E-state index in [0.29, 0.717) is 17.3 Å². The zero-order chi connectivity index (χ0) is 34.9. The molecule has 4 aromatic rings. The Balaban J connectivity index is 0.000000300. The van der Waals surface area contributed by atoms with Gasteiger partial charge >= 0.3 is 5.69 Å². The minimum absolute atomic E-state index is 0.0390. The zero-order valence-electron chi connectivity index (χ0n) is 29.3. The van der Waals surface area contributed by atoms with E-state index in [0.717, 1.165) is 60.3 Å². The maximum absolute atomic E-state index is 12.6. The second-order valence-electron chi connectivity index (χ2n) is 14.3. The normalized spacial score (nSPS) is 13.1. The van der Waals surface area contributed by atoms with Gasteiger partial charge in [-0.15, -0.1) is 0 Å². The molecule has 10 nitrogen and oxygen atoms in total. The molecule has 0 saturated heterocycles. The van der Waals surface area contributed by atoms with Crippen LogP contribution in [0, 0.1) is 0 Å². The number of rotatable bonds is 11. The van der Waals surface area contributed by atoms with Crippen LogP contribution in [0.2, 0.25) is 5.15 Å². The van der Waals surface area contributed by atoms with Crippen LogP contribution in [0.1, 0.15) is 103 Å². The number of nitrogens with one attached hydrogen (secondary N) is 2. The van der Waals surface area contributed by atoms with Gasteiger partial charge < -0.3 is 27.5 Å². The van der Waals surface area contributed by atoms with Crippen molar-refractivity contribution in [2.24, 2.45) is 22.2 Å². The van der Waals surface area contributed by atoms with Crippen molar-refractivity contribution in [2.75, 3.05) is 13.1 Å². The van der Waals surface area contributed by atoms with E-state index in [1.54, 1.807) is 4.57 Å². The molecule has 0 aliphatic rings. The maximum atomic E-state index is 12.6. The topological polar surface area (TPSA) is 166 Å². The number of aryl methyl sites for hydroxylation is 1. The van der Waals surface area contributed by atoms with Gasteiger partial charge in [-0.05, 0) is 92.9 Å². The third-order valence-corrected chi connectivity index (χ3v) is 8.07. The molecule has 0 amide bonds. The molecule has 3 aromatic heterocycles. The quantitative estimate of drug-likeness (QED) is 0.0565. The van der Waals surface area contributed by atoms with Gasteiger partial charge in [0.2, 0.25) is 0 Å². The molecule has 0 unspecified atom stereocenters. The molecule has 0 aliphatic carbocycles. The number of halogens is 1. The molecular weight excluding hydrogens is 610 g/mol. The number of H-pyrrole nitrogens is 1. The van der Waals surface area contributed by atoms with E-state index in [9.17, 15) is 4.79 Å². The smallest absolute Gasteiger partial charge is 0.354 e. The third-order valence-electron chi connectivity index (χ3n) is 7.87. The fraction of sp³-hybridized carbons (Fsp3) is 0.500. The average Bonchev–Trinajstić information content (AvgIpc) is 3.39. The molecule has 0 fully saturated rings. The van der Waals surface area contributed by atoms with Crippen molar-refractivity contribution in [3.8, 4) is 5.69 Å². The van der Waals surface area contributed by atoms with Gasteiger partial charge in [-0.1, -0.05) is 65.3 Å². The monoisotopic (exact) mass is 663 g/mol. The standard InChI is InChI=1S/C22H31N7O.C14H23ClN2/c1-14(25-10-5-11-26-20(23)24)15-6-8-17(9-7-15)29-13-16-12-18(22(2,3)4)27-19(16)28-21(29)30;1-10(16)6-5-7-12-8-11(14(2,3)4)9-13(15)17-12/h6-9,12-14,25H,5,10-11H2,1-4H3,(H4,23,24,26)(H,27,28,30);8-10H,5-7,16H2,1-4H3/t14-;10-/m00/s1. The molecule has 11 heteroatoms. The SMILES string of the molecule is C[C@H](N)CCCc1cc(C(C)(C)C)cc(Cl)n1.C[C@H](NCCCN=C(N)N)c1ccc(-n2cc3cc(C(C)(C)C)[nH]c3nc2=O)cc1. The summed E-state index contributed by atoms with van der Waals surface area (Å²) < 4.78 is 1.58. The van der Waals surface area contributed by atoms with Crippen LogP contribution in [0.15, 0.2) is 58.4 Å². The number of hydrogen-bond donors (Lipinski definition) is 5. The Morgan fingerprint density at radius 3 is 2.28 bits per heavy atom. The van der Waals surface area contributed by atoms with E-state index in [4.69, 9.17) is 28.8 Å². The summed E-state index contributed by atoms with van der Waals surface area (Å²) in [5, 5.41) is 4.96. The summed E-state index contributed by atoms with van der Waals surface area (Å²) in [6, 6.07) is 14.5. The second-order valence-corrected chi connectivity index (χ2v) is 14.7. The molecule has 256 valence electrons. The van der Waals surface area contributed by atoms with E-state index in [2.05, 4.69) is 85.9 Å². The van der Waals surface area contributed by atoms with Gasteiger partial charge in [-0.3, -0.25) is 9.56 Å². The fourth-order valence-corrected chi connectivity index (χ4v) is 5.17.